The third kappa shape index (κ3) is 2.82. The maximum atomic E-state index is 6.77. The molecule has 1 nitrogen and oxygen atoms in total. The first-order valence-electron chi connectivity index (χ1n) is 6.67. The van der Waals surface area contributed by atoms with Crippen LogP contribution in [0.25, 0.3) is 0 Å². The number of pyridine rings is 1. The van der Waals surface area contributed by atoms with Gasteiger partial charge in [-0.05, 0) is 41.9 Å². The topological polar surface area (TPSA) is 12.9 Å². The molecule has 1 saturated carbocycles. The summed E-state index contributed by atoms with van der Waals surface area (Å²) in [6.07, 6.45) is 10.3. The van der Waals surface area contributed by atoms with Crippen LogP contribution in [0.3, 0.4) is 0 Å². The Kier molecular flexibility index (Phi) is 4.09. The molecule has 0 saturated heterocycles. The van der Waals surface area contributed by atoms with Crippen LogP contribution < -0.4 is 0 Å². The van der Waals surface area contributed by atoms with Crippen LogP contribution in [-0.4, -0.2) is 10.4 Å². The summed E-state index contributed by atoms with van der Waals surface area (Å²) in [6, 6.07) is 4.18. The summed E-state index contributed by atoms with van der Waals surface area (Å²) in [5.74, 6) is 0.405. The maximum Gasteiger partial charge on any atom is 0.0455 e. The molecule has 1 aliphatic rings. The van der Waals surface area contributed by atoms with Crippen molar-refractivity contribution in [2.45, 2.75) is 57.2 Å². The molecule has 1 aromatic rings. The van der Waals surface area contributed by atoms with E-state index in [9.17, 15) is 0 Å². The average Bonchev–Trinajstić information content (AvgIpc) is 2.39. The average molecular weight is 252 g/mol. The molecule has 0 amide bonds. The molecule has 2 heteroatoms. The Bertz CT molecular complexity index is 343. The van der Waals surface area contributed by atoms with Crippen molar-refractivity contribution >= 4 is 11.6 Å². The number of halogens is 1. The van der Waals surface area contributed by atoms with E-state index in [2.05, 4.69) is 31.0 Å². The van der Waals surface area contributed by atoms with Crippen molar-refractivity contribution in [1.29, 1.82) is 0 Å². The Morgan fingerprint density at radius 3 is 2.35 bits per heavy atom. The van der Waals surface area contributed by atoms with E-state index in [0.29, 0.717) is 11.3 Å². The monoisotopic (exact) mass is 251 g/mol. The van der Waals surface area contributed by atoms with E-state index in [1.165, 1.54) is 37.7 Å². The Morgan fingerprint density at radius 2 is 1.76 bits per heavy atom. The largest absolute Gasteiger partial charge is 0.265 e. The van der Waals surface area contributed by atoms with Crippen LogP contribution in [0.2, 0.25) is 0 Å². The lowest BCUT2D eigenvalue weighted by Crippen LogP contribution is -2.34. The molecule has 0 aliphatic heterocycles. The zero-order chi connectivity index (χ0) is 12.3. The van der Waals surface area contributed by atoms with Gasteiger partial charge in [0.15, 0.2) is 0 Å². The number of nitrogens with zero attached hydrogens (tertiary/aromatic N) is 1. The molecule has 0 radical (unpaired) electrons. The summed E-state index contributed by atoms with van der Waals surface area (Å²) in [6.45, 7) is 4.61. The fourth-order valence-electron chi connectivity index (χ4n) is 3.07. The minimum atomic E-state index is 0.227. The zero-order valence-corrected chi connectivity index (χ0v) is 11.6. The summed E-state index contributed by atoms with van der Waals surface area (Å²) in [4.78, 5) is 4.07. The van der Waals surface area contributed by atoms with E-state index in [4.69, 9.17) is 11.6 Å². The fourth-order valence-corrected chi connectivity index (χ4v) is 3.44. The van der Waals surface area contributed by atoms with Crippen molar-refractivity contribution < 1.29 is 0 Å². The van der Waals surface area contributed by atoms with Gasteiger partial charge in [0.05, 0.1) is 0 Å². The standard InChI is InChI=1S/C15H22ClN/c1-12(13-6-10-17-11-7-13)14(16)15(2)8-4-3-5-9-15/h6-7,10-12,14H,3-5,8-9H2,1-2H3. The summed E-state index contributed by atoms with van der Waals surface area (Å²) < 4.78 is 0. The molecule has 94 valence electrons. The van der Waals surface area contributed by atoms with Crippen molar-refractivity contribution in [3.63, 3.8) is 0 Å². The molecular weight excluding hydrogens is 230 g/mol. The molecule has 0 N–H and O–H groups in total. The number of aromatic nitrogens is 1. The highest BCUT2D eigenvalue weighted by molar-refractivity contribution is 6.21. The minimum Gasteiger partial charge on any atom is -0.265 e. The first kappa shape index (κ1) is 12.9. The van der Waals surface area contributed by atoms with Gasteiger partial charge >= 0.3 is 0 Å². The van der Waals surface area contributed by atoms with Crippen molar-refractivity contribution in [2.24, 2.45) is 5.41 Å². The molecule has 1 fully saturated rings. The predicted octanol–water partition coefficient (Wildman–Crippen LogP) is 4.76. The van der Waals surface area contributed by atoms with Crippen LogP contribution in [0.4, 0.5) is 0 Å². The second kappa shape index (κ2) is 5.39. The predicted molar refractivity (Wildman–Crippen MR) is 73.5 cm³/mol. The summed E-state index contributed by atoms with van der Waals surface area (Å²) in [7, 11) is 0. The van der Waals surface area contributed by atoms with Gasteiger partial charge in [0, 0.05) is 17.8 Å². The number of rotatable bonds is 3. The van der Waals surface area contributed by atoms with Crippen molar-refractivity contribution in [3.8, 4) is 0 Å². The molecule has 2 atom stereocenters. The summed E-state index contributed by atoms with van der Waals surface area (Å²) >= 11 is 6.77. The summed E-state index contributed by atoms with van der Waals surface area (Å²) in [5.41, 5.74) is 1.62. The molecule has 2 rings (SSSR count). The van der Waals surface area contributed by atoms with Crippen LogP contribution in [0.5, 0.6) is 0 Å². The van der Waals surface area contributed by atoms with E-state index in [0.717, 1.165) is 0 Å². The van der Waals surface area contributed by atoms with E-state index < -0.39 is 0 Å². The lowest BCUT2D eigenvalue weighted by molar-refractivity contribution is 0.193. The SMILES string of the molecule is CC(c1ccncc1)C(Cl)C1(C)CCCCC1. The molecule has 0 spiro atoms. The molecule has 2 unspecified atom stereocenters. The summed E-state index contributed by atoms with van der Waals surface area (Å²) in [5, 5.41) is 0.227. The normalized spacial score (nSPS) is 23.0. The van der Waals surface area contributed by atoms with Crippen LogP contribution in [0, 0.1) is 5.41 Å². The van der Waals surface area contributed by atoms with E-state index >= 15 is 0 Å². The van der Waals surface area contributed by atoms with E-state index in [1.807, 2.05) is 12.4 Å². The van der Waals surface area contributed by atoms with Gasteiger partial charge in [-0.1, -0.05) is 33.1 Å². The van der Waals surface area contributed by atoms with Gasteiger partial charge in [0.1, 0.15) is 0 Å². The van der Waals surface area contributed by atoms with Crippen LogP contribution in [-0.2, 0) is 0 Å². The smallest absolute Gasteiger partial charge is 0.0455 e. The Labute approximate surface area is 110 Å². The molecule has 1 aliphatic carbocycles. The van der Waals surface area contributed by atoms with Gasteiger partial charge in [-0.3, -0.25) is 4.98 Å². The Balaban J connectivity index is 2.11. The third-order valence-electron chi connectivity index (χ3n) is 4.33. The number of alkyl halides is 1. The molecule has 0 bridgehead atoms. The highest BCUT2D eigenvalue weighted by Gasteiger charge is 2.37. The van der Waals surface area contributed by atoms with Gasteiger partial charge in [-0.15, -0.1) is 11.6 Å². The van der Waals surface area contributed by atoms with Crippen LogP contribution >= 0.6 is 11.6 Å². The molecule has 17 heavy (non-hydrogen) atoms. The Hall–Kier alpha value is -0.560. The minimum absolute atomic E-state index is 0.227. The second-order valence-corrected chi connectivity index (χ2v) is 6.16. The molecule has 1 heterocycles. The van der Waals surface area contributed by atoms with Gasteiger partial charge < -0.3 is 0 Å². The molecular formula is C15H22ClN. The van der Waals surface area contributed by atoms with Crippen molar-refractivity contribution in [2.75, 3.05) is 0 Å². The highest BCUT2D eigenvalue weighted by Crippen LogP contribution is 2.46. The fraction of sp³-hybridized carbons (Fsp3) is 0.667. The maximum absolute atomic E-state index is 6.77. The van der Waals surface area contributed by atoms with Gasteiger partial charge in [0.25, 0.3) is 0 Å². The molecule has 0 aromatic carbocycles. The molecule has 1 aromatic heterocycles. The lowest BCUT2D eigenvalue weighted by atomic mass is 9.69. The first-order chi connectivity index (χ1) is 8.13. The van der Waals surface area contributed by atoms with E-state index in [-0.39, 0.29) is 5.38 Å². The highest BCUT2D eigenvalue weighted by atomic mass is 35.5. The van der Waals surface area contributed by atoms with Gasteiger partial charge in [-0.2, -0.15) is 0 Å². The van der Waals surface area contributed by atoms with Crippen LogP contribution in [0.15, 0.2) is 24.5 Å². The second-order valence-electron chi connectivity index (χ2n) is 5.69. The quantitative estimate of drug-likeness (QED) is 0.706. The third-order valence-corrected chi connectivity index (χ3v) is 5.24. The first-order valence-corrected chi connectivity index (χ1v) is 7.11. The van der Waals surface area contributed by atoms with Crippen LogP contribution in [0.1, 0.15) is 57.4 Å². The van der Waals surface area contributed by atoms with Gasteiger partial charge in [-0.25, -0.2) is 0 Å². The van der Waals surface area contributed by atoms with Gasteiger partial charge in [0.2, 0.25) is 0 Å². The van der Waals surface area contributed by atoms with Crippen molar-refractivity contribution in [3.05, 3.63) is 30.1 Å². The number of hydrogen-bond acceptors (Lipinski definition) is 1. The van der Waals surface area contributed by atoms with E-state index in [1.54, 1.807) is 0 Å². The lowest BCUT2D eigenvalue weighted by Gasteiger charge is -2.40. The Morgan fingerprint density at radius 1 is 1.18 bits per heavy atom. The zero-order valence-electron chi connectivity index (χ0n) is 10.8. The number of hydrogen-bond donors (Lipinski definition) is 0. The van der Waals surface area contributed by atoms with Crippen molar-refractivity contribution in [1.82, 2.24) is 4.98 Å².